The highest BCUT2D eigenvalue weighted by Gasteiger charge is 2.62. The Kier molecular flexibility index (Phi) is 62.6. The summed E-state index contributed by atoms with van der Waals surface area (Å²) in [5.74, 6) is -3.14. The highest BCUT2D eigenvalue weighted by Crippen LogP contribution is 2.41. The van der Waals surface area contributed by atoms with E-state index in [9.17, 15) is 162 Å². The Morgan fingerprint density at radius 3 is 0.889 bits per heavy atom. The summed E-state index contributed by atoms with van der Waals surface area (Å²) in [4.78, 5) is 30.0. The first-order chi connectivity index (χ1) is 67.6. The standard InChI is InChI=1S/C18H32O16.C13H18O7.2C12H22O11.C6H14O6.C6H12O6.2C5H10O5/c19-1-5-8(23)11(26)13(28)16(30-5)32-15-10(25)7(3-21)33-18(15,4-22)34-17-14(29)12(27)9(24)6(2-20)31-17;14-5-7-3-1-2-4-8(7)19-13-12(18)11(17)10(16)9(6-15)20-13;2*13-1-3-5(15)6(16)9(19)12(22-3)23-10-4(2-14)21-11(20)8(18)7(10)17;2*7-1-3(9)5(11)6(12)4(10)2-8;2*6-1-3(8)5(10)4(9)2-7/h5-17,19-29H,1-4H2;1-4,9-18H,5-6H2;2*3-20H,1-2H2;3-12H,1-2H2;3,5-9,11-12H,1-2H2;2*1,3-5,7-10H,2H2/t5-,6-,7-,8-,9-,10-,11+,12+,13-,14-,15+,16-,17-,18+;9-,10-,11+,12-,13-;3-,4-,5-,6+,7-,8-,9-,10-,11-,12+;3-,4-,5-,6+,7-,8-,9-,10-,11-,12-;3-,4+,5+,6-;3-,5+,6+;3-,4+,5-;3-,4-,5+/m1111.001/s1. The van der Waals surface area contributed by atoms with Crippen LogP contribution in [0.4, 0.5) is 0 Å². The highest BCUT2D eigenvalue weighted by atomic mass is 16.8. The molecule has 8 aliphatic heterocycles. The average Bonchev–Trinajstić information content (AvgIpc) is 1.67. The average molecular weight is 2140 g/mol. The van der Waals surface area contributed by atoms with Crippen molar-refractivity contribution in [1.82, 2.24) is 0 Å². The van der Waals surface area contributed by atoms with E-state index in [4.69, 9.17) is 174 Å². The summed E-state index contributed by atoms with van der Waals surface area (Å²) in [6, 6.07) is 6.61. The van der Waals surface area contributed by atoms with Crippen molar-refractivity contribution in [3.8, 4) is 5.75 Å². The number of benzene rings is 1. The normalized spacial score (nSPS) is 39.6. The molecule has 8 heterocycles. The monoisotopic (exact) mass is 2140 g/mol. The van der Waals surface area contributed by atoms with Crippen LogP contribution >= 0.6 is 0 Å². The molecular formula is C77H140O67. The first-order valence-electron chi connectivity index (χ1n) is 43.2. The fourth-order valence-corrected chi connectivity index (χ4v) is 13.4. The molecule has 8 saturated heterocycles. The zero-order chi connectivity index (χ0) is 110. The number of aldehydes is 2. The molecule has 67 nitrogen and oxygen atoms in total. The zero-order valence-corrected chi connectivity index (χ0v) is 75.6. The molecule has 52 atom stereocenters. The van der Waals surface area contributed by atoms with E-state index in [0.29, 0.717) is 11.3 Å². The molecule has 0 spiro atoms. The van der Waals surface area contributed by atoms with Crippen LogP contribution in [0.15, 0.2) is 24.3 Å². The lowest BCUT2D eigenvalue weighted by Crippen LogP contribution is -2.64. The number of hydrogen-bond acceptors (Lipinski definition) is 67. The highest BCUT2D eigenvalue weighted by molar-refractivity contribution is 5.84. The fourth-order valence-electron chi connectivity index (χ4n) is 13.4. The molecule has 0 bridgehead atoms. The van der Waals surface area contributed by atoms with E-state index in [2.05, 4.69) is 0 Å². The van der Waals surface area contributed by atoms with Crippen molar-refractivity contribution in [1.29, 1.82) is 0 Å². The number of Topliss-reactive ketones (excluding diaryl/α,β-unsaturated/α-hetero) is 1. The molecular weight excluding hydrogens is 2000 g/mol. The van der Waals surface area contributed by atoms with Crippen molar-refractivity contribution in [2.24, 2.45) is 0 Å². The molecule has 0 radical (unpaired) electrons. The third kappa shape index (κ3) is 36.9. The number of ether oxygens (including phenoxy) is 13. The van der Waals surface area contributed by atoms with Gasteiger partial charge in [-0.2, -0.15) is 0 Å². The Morgan fingerprint density at radius 2 is 0.590 bits per heavy atom. The SMILES string of the molecule is O=C(CO)[C@@H](O)[C@H](O)[C@@H](O)CO.O=C[C@@H](O)[C@H](O)[C@H](O)CO.O=C[C@H](O)[C@H](O)[C@H](O)CO.OC[C@@H](O)[C@H](O)[C@H](O)[C@@H](O)CO.OC[C@H]1O[C@@H](O[C@H]2[C@H](O)[C@@H](O)[C@H](O)O[C@@H]2CO)[C@H](O)[C@@H](O)[C@@H]1O.OC[C@H]1O[C@@](CO)(O[C@H]2O[C@H](CO)[C@@H](O)[C@H](O)[C@H]2O)[C@@H](O[C@H]2O[C@H](CO)[C@@H](O)[C@H](O)[C@H]2O)[C@@H]1O.OC[C@H]1O[C@H](O[C@H]2[C@H](O)[C@@H](O)[C@H](O)O[C@@H]2CO)[C@H](O)[C@@H](O)[C@@H]1O.OCc1ccccc1O[C@@H]1O[C@H](CO)[C@@H](O)[C@H](O)[C@H]1O. The van der Waals surface area contributed by atoms with Crippen LogP contribution in [0.3, 0.4) is 0 Å². The van der Waals surface area contributed by atoms with Gasteiger partial charge >= 0.3 is 0 Å². The van der Waals surface area contributed by atoms with Gasteiger partial charge in [-0.25, -0.2) is 0 Å². The van der Waals surface area contributed by atoms with Gasteiger partial charge < -0.3 is 332 Å². The number of para-hydroxylation sites is 1. The summed E-state index contributed by atoms with van der Waals surface area (Å²) in [6.45, 7) is -11.5. The van der Waals surface area contributed by atoms with Crippen molar-refractivity contribution in [2.45, 2.75) is 325 Å². The second kappa shape index (κ2) is 66.5. The van der Waals surface area contributed by atoms with Gasteiger partial charge in [-0.05, 0) is 6.07 Å². The minimum Gasteiger partial charge on any atom is -0.462 e. The van der Waals surface area contributed by atoms with E-state index >= 15 is 0 Å². The predicted molar refractivity (Wildman–Crippen MR) is 443 cm³/mol. The van der Waals surface area contributed by atoms with Gasteiger partial charge in [0.2, 0.25) is 12.1 Å². The molecule has 0 aromatic heterocycles. The number of rotatable bonds is 38. The van der Waals surface area contributed by atoms with Gasteiger partial charge in [-0.15, -0.1) is 0 Å². The Labute approximate surface area is 812 Å². The van der Waals surface area contributed by atoms with Crippen molar-refractivity contribution in [2.75, 3.05) is 99.1 Å². The zero-order valence-electron chi connectivity index (χ0n) is 75.6. The van der Waals surface area contributed by atoms with Gasteiger partial charge in [0.15, 0.2) is 56.1 Å². The second-order valence-electron chi connectivity index (χ2n) is 32.5. The Balaban J connectivity index is 0.000000577. The van der Waals surface area contributed by atoms with Crippen LogP contribution in [0.25, 0.3) is 0 Å². The van der Waals surface area contributed by atoms with E-state index in [1.165, 1.54) is 0 Å². The fraction of sp³-hybridized carbons (Fsp3) is 0.883. The summed E-state index contributed by atoms with van der Waals surface area (Å²) in [6.07, 6.45) is -81.0. The molecule has 1 aromatic carbocycles. The first-order valence-corrected chi connectivity index (χ1v) is 43.2. The molecule has 144 heavy (non-hydrogen) atoms. The first kappa shape index (κ1) is 136. The molecule has 0 saturated carbocycles. The van der Waals surface area contributed by atoms with Crippen LogP contribution in [-0.4, -0.2) is 696 Å². The van der Waals surface area contributed by atoms with Crippen LogP contribution in [0, 0.1) is 0 Å². The molecule has 9 rings (SSSR count). The molecule has 67 heteroatoms. The van der Waals surface area contributed by atoms with Crippen LogP contribution in [0.1, 0.15) is 5.56 Å². The lowest BCUT2D eigenvalue weighted by molar-refractivity contribution is -0.400. The van der Waals surface area contributed by atoms with Crippen molar-refractivity contribution in [3.05, 3.63) is 29.8 Å². The van der Waals surface area contributed by atoms with Gasteiger partial charge in [-0.3, -0.25) is 4.79 Å². The molecule has 0 aliphatic carbocycles. The van der Waals surface area contributed by atoms with Crippen LogP contribution in [0.5, 0.6) is 5.75 Å². The molecule has 1 aromatic rings. The van der Waals surface area contributed by atoms with Crippen molar-refractivity contribution in [3.63, 3.8) is 0 Å². The Morgan fingerprint density at radius 1 is 0.306 bits per heavy atom. The van der Waals surface area contributed by atoms with E-state index in [0.717, 1.165) is 0 Å². The molecule has 51 N–H and O–H groups in total. The van der Waals surface area contributed by atoms with Gasteiger partial charge in [-0.1, -0.05) is 18.2 Å². The van der Waals surface area contributed by atoms with Gasteiger partial charge in [0.1, 0.15) is 288 Å². The van der Waals surface area contributed by atoms with E-state index in [-0.39, 0.29) is 19.2 Å². The summed E-state index contributed by atoms with van der Waals surface area (Å²) in [5, 5.41) is 473. The van der Waals surface area contributed by atoms with E-state index in [1.807, 2.05) is 0 Å². The molecule has 850 valence electrons. The number of ketones is 1. The lowest BCUT2D eigenvalue weighted by atomic mass is 9.97. The molecule has 0 unspecified atom stereocenters. The smallest absolute Gasteiger partial charge is 0.229 e. The van der Waals surface area contributed by atoms with Crippen LogP contribution in [0.2, 0.25) is 0 Å². The number of carbonyl (C=O) groups is 3. The van der Waals surface area contributed by atoms with Crippen LogP contribution < -0.4 is 4.74 Å². The third-order valence-corrected chi connectivity index (χ3v) is 22.4. The maximum Gasteiger partial charge on any atom is 0.229 e. The lowest BCUT2D eigenvalue weighted by Gasteiger charge is -2.45. The summed E-state index contributed by atoms with van der Waals surface area (Å²) >= 11 is 0. The molecule has 8 aliphatic rings. The van der Waals surface area contributed by atoms with E-state index < -0.39 is 423 Å². The summed E-state index contributed by atoms with van der Waals surface area (Å²) in [7, 11) is 0. The van der Waals surface area contributed by atoms with Crippen LogP contribution in [-0.2, 0) is 77.8 Å². The number of carbonyl (C=O) groups excluding carboxylic acids is 3. The Hall–Kier alpha value is -4.49. The largest absolute Gasteiger partial charge is 0.462 e. The van der Waals surface area contributed by atoms with E-state index in [1.54, 1.807) is 24.3 Å². The topological polar surface area (TPSA) is 1200 Å². The van der Waals surface area contributed by atoms with Crippen molar-refractivity contribution < 1.29 is 336 Å². The van der Waals surface area contributed by atoms with Gasteiger partial charge in [0, 0.05) is 5.56 Å². The predicted octanol–water partition coefficient (Wildman–Crippen LogP) is -32.5. The molecule has 8 fully saturated rings. The molecule has 0 amide bonds. The minimum atomic E-state index is -2.43. The summed E-state index contributed by atoms with van der Waals surface area (Å²) in [5.41, 5.74) is 0.490. The second-order valence-corrected chi connectivity index (χ2v) is 32.5. The number of aliphatic hydroxyl groups excluding tert-OH is 51. The van der Waals surface area contributed by atoms with Gasteiger partial charge in [0.25, 0.3) is 0 Å². The number of hydrogen-bond donors (Lipinski definition) is 51. The maximum atomic E-state index is 10.6. The number of aliphatic hydroxyl groups is 51. The minimum absolute atomic E-state index is 0.0869. The quantitative estimate of drug-likeness (QED) is 0.0273. The Bertz CT molecular complexity index is 3450. The van der Waals surface area contributed by atoms with Gasteiger partial charge in [0.05, 0.1) is 92.5 Å². The summed E-state index contributed by atoms with van der Waals surface area (Å²) < 4.78 is 68.1. The maximum absolute atomic E-state index is 10.6. The third-order valence-electron chi connectivity index (χ3n) is 22.4. The van der Waals surface area contributed by atoms with Crippen molar-refractivity contribution >= 4 is 18.4 Å².